The second-order valence-corrected chi connectivity index (χ2v) is 3.54. The standard InChI is InChI=1S/C6H10N4O.C5H12/c1-4-8-5(6(11)7-2)10(3)9-4;1-3-5-4-2/h1-3H3,(H,7,11);3-5H2,1-2H3. The summed E-state index contributed by atoms with van der Waals surface area (Å²) in [5.41, 5.74) is 0. The van der Waals surface area contributed by atoms with E-state index >= 15 is 0 Å². The summed E-state index contributed by atoms with van der Waals surface area (Å²) in [6.07, 6.45) is 4.08. The molecular weight excluding hydrogens is 204 g/mol. The molecule has 5 nitrogen and oxygen atoms in total. The molecular formula is C11H22N4O. The number of hydrogen-bond donors (Lipinski definition) is 1. The van der Waals surface area contributed by atoms with E-state index in [4.69, 9.17) is 0 Å². The van der Waals surface area contributed by atoms with Crippen LogP contribution in [0.1, 0.15) is 49.6 Å². The summed E-state index contributed by atoms with van der Waals surface area (Å²) in [4.78, 5) is 14.9. The van der Waals surface area contributed by atoms with E-state index < -0.39 is 0 Å². The summed E-state index contributed by atoms with van der Waals surface area (Å²) in [6, 6.07) is 0. The van der Waals surface area contributed by atoms with E-state index in [1.807, 2.05) is 0 Å². The quantitative estimate of drug-likeness (QED) is 0.853. The van der Waals surface area contributed by atoms with Gasteiger partial charge in [0.25, 0.3) is 5.91 Å². The molecule has 0 aromatic carbocycles. The molecule has 0 saturated heterocycles. The van der Waals surface area contributed by atoms with Gasteiger partial charge in [-0.15, -0.1) is 0 Å². The van der Waals surface area contributed by atoms with Gasteiger partial charge in [-0.1, -0.05) is 33.1 Å². The van der Waals surface area contributed by atoms with Crippen LogP contribution in [-0.2, 0) is 7.05 Å². The van der Waals surface area contributed by atoms with Crippen molar-refractivity contribution in [3.63, 3.8) is 0 Å². The third-order valence-corrected chi connectivity index (χ3v) is 2.01. The Kier molecular flexibility index (Phi) is 7.16. The number of nitrogens with one attached hydrogen (secondary N) is 1. The molecule has 1 N–H and O–H groups in total. The topological polar surface area (TPSA) is 59.8 Å². The van der Waals surface area contributed by atoms with E-state index in [0.29, 0.717) is 11.6 Å². The maximum Gasteiger partial charge on any atom is 0.288 e. The highest BCUT2D eigenvalue weighted by molar-refractivity contribution is 5.90. The molecule has 5 heteroatoms. The second-order valence-electron chi connectivity index (χ2n) is 3.54. The molecule has 0 bridgehead atoms. The number of nitrogens with zero attached hydrogens (tertiary/aromatic N) is 3. The number of aryl methyl sites for hydroxylation is 2. The minimum atomic E-state index is -0.215. The molecule has 1 aromatic heterocycles. The molecule has 0 aliphatic heterocycles. The first-order chi connectivity index (χ1) is 7.56. The van der Waals surface area contributed by atoms with Crippen LogP contribution in [0.15, 0.2) is 0 Å². The zero-order valence-electron chi connectivity index (χ0n) is 10.9. The lowest BCUT2D eigenvalue weighted by Crippen LogP contribution is -2.22. The predicted molar refractivity (Wildman–Crippen MR) is 64.3 cm³/mol. The maximum atomic E-state index is 11.0. The molecule has 1 heterocycles. The van der Waals surface area contributed by atoms with Crippen molar-refractivity contribution in [2.45, 2.75) is 40.0 Å². The van der Waals surface area contributed by atoms with Crippen molar-refractivity contribution < 1.29 is 4.79 Å². The highest BCUT2D eigenvalue weighted by Gasteiger charge is 2.10. The monoisotopic (exact) mass is 226 g/mol. The van der Waals surface area contributed by atoms with Crippen LogP contribution < -0.4 is 5.32 Å². The number of aromatic nitrogens is 3. The van der Waals surface area contributed by atoms with Gasteiger partial charge in [0.05, 0.1) is 0 Å². The summed E-state index contributed by atoms with van der Waals surface area (Å²) < 4.78 is 1.45. The van der Waals surface area contributed by atoms with Gasteiger partial charge in [0.15, 0.2) is 0 Å². The van der Waals surface area contributed by atoms with E-state index in [0.717, 1.165) is 0 Å². The Morgan fingerprint density at radius 3 is 2.19 bits per heavy atom. The van der Waals surface area contributed by atoms with Crippen LogP contribution in [0.2, 0.25) is 0 Å². The Morgan fingerprint density at radius 1 is 1.38 bits per heavy atom. The average molecular weight is 226 g/mol. The minimum Gasteiger partial charge on any atom is -0.352 e. The zero-order chi connectivity index (χ0) is 12.6. The van der Waals surface area contributed by atoms with Gasteiger partial charge in [-0.05, 0) is 6.92 Å². The molecule has 1 amide bonds. The minimum absolute atomic E-state index is 0.215. The van der Waals surface area contributed by atoms with Crippen LogP contribution in [0.5, 0.6) is 0 Å². The maximum absolute atomic E-state index is 11.0. The fourth-order valence-corrected chi connectivity index (χ4v) is 1.18. The van der Waals surface area contributed by atoms with Gasteiger partial charge in [-0.3, -0.25) is 4.79 Å². The highest BCUT2D eigenvalue weighted by Crippen LogP contribution is 1.93. The predicted octanol–water partition coefficient (Wildman–Crippen LogP) is 1.68. The molecule has 0 aliphatic carbocycles. The van der Waals surface area contributed by atoms with E-state index in [9.17, 15) is 4.79 Å². The SMILES string of the molecule is CCCCC.CNC(=O)c1nc(C)nn1C. The van der Waals surface area contributed by atoms with Crippen molar-refractivity contribution >= 4 is 5.91 Å². The number of carbonyl (C=O) groups excluding carboxylic acids is 1. The van der Waals surface area contributed by atoms with Crippen LogP contribution in [0, 0.1) is 6.92 Å². The number of carbonyl (C=O) groups is 1. The first-order valence-corrected chi connectivity index (χ1v) is 5.66. The van der Waals surface area contributed by atoms with E-state index in [-0.39, 0.29) is 5.91 Å². The molecule has 0 fully saturated rings. The fraction of sp³-hybridized carbons (Fsp3) is 0.727. The van der Waals surface area contributed by atoms with Crippen molar-refractivity contribution in [3.8, 4) is 0 Å². The van der Waals surface area contributed by atoms with Crippen LogP contribution in [-0.4, -0.2) is 27.7 Å². The lowest BCUT2D eigenvalue weighted by molar-refractivity contribution is 0.0948. The Hall–Kier alpha value is -1.39. The Morgan fingerprint density at radius 2 is 1.94 bits per heavy atom. The molecule has 16 heavy (non-hydrogen) atoms. The lowest BCUT2D eigenvalue weighted by atomic mass is 10.3. The molecule has 1 aromatic rings. The largest absolute Gasteiger partial charge is 0.352 e. The molecule has 0 atom stereocenters. The molecule has 1 rings (SSSR count). The molecule has 0 aliphatic rings. The van der Waals surface area contributed by atoms with Crippen molar-refractivity contribution in [2.24, 2.45) is 7.05 Å². The smallest absolute Gasteiger partial charge is 0.288 e. The van der Waals surface area contributed by atoms with Gasteiger partial charge in [0.1, 0.15) is 5.82 Å². The van der Waals surface area contributed by atoms with Gasteiger partial charge in [0.2, 0.25) is 5.82 Å². The van der Waals surface area contributed by atoms with Gasteiger partial charge >= 0.3 is 0 Å². The zero-order valence-corrected chi connectivity index (χ0v) is 10.9. The van der Waals surface area contributed by atoms with E-state index in [2.05, 4.69) is 29.2 Å². The molecule has 0 spiro atoms. The third kappa shape index (κ3) is 4.91. The van der Waals surface area contributed by atoms with Gasteiger partial charge in [-0.2, -0.15) is 5.10 Å². The number of rotatable bonds is 3. The first kappa shape index (κ1) is 14.6. The highest BCUT2D eigenvalue weighted by atomic mass is 16.2. The Bertz CT molecular complexity index is 318. The molecule has 0 saturated carbocycles. The Balaban J connectivity index is 0.000000385. The van der Waals surface area contributed by atoms with Crippen molar-refractivity contribution in [1.29, 1.82) is 0 Å². The van der Waals surface area contributed by atoms with Crippen LogP contribution in [0.4, 0.5) is 0 Å². The van der Waals surface area contributed by atoms with Crippen LogP contribution in [0.3, 0.4) is 0 Å². The number of hydrogen-bond acceptors (Lipinski definition) is 3. The number of amides is 1. The third-order valence-electron chi connectivity index (χ3n) is 2.01. The van der Waals surface area contributed by atoms with Gasteiger partial charge in [0, 0.05) is 14.1 Å². The Labute approximate surface area is 97.3 Å². The summed E-state index contributed by atoms with van der Waals surface area (Å²) in [7, 11) is 3.25. The lowest BCUT2D eigenvalue weighted by Gasteiger charge is -1.95. The van der Waals surface area contributed by atoms with Gasteiger partial charge < -0.3 is 5.32 Å². The van der Waals surface area contributed by atoms with Gasteiger partial charge in [-0.25, -0.2) is 9.67 Å². The van der Waals surface area contributed by atoms with Crippen LogP contribution >= 0.6 is 0 Å². The number of unbranched alkanes of at least 4 members (excludes halogenated alkanes) is 2. The van der Waals surface area contributed by atoms with Crippen molar-refractivity contribution in [2.75, 3.05) is 7.05 Å². The molecule has 0 radical (unpaired) electrons. The van der Waals surface area contributed by atoms with E-state index in [1.54, 1.807) is 21.0 Å². The summed E-state index contributed by atoms with van der Waals surface area (Å²) in [6.45, 7) is 6.17. The second kappa shape index (κ2) is 7.84. The molecule has 0 unspecified atom stereocenters. The first-order valence-electron chi connectivity index (χ1n) is 5.66. The van der Waals surface area contributed by atoms with Crippen LogP contribution in [0.25, 0.3) is 0 Å². The normalized spacial score (nSPS) is 9.31. The summed E-state index contributed by atoms with van der Waals surface area (Å²) in [5.74, 6) is 0.726. The van der Waals surface area contributed by atoms with Crippen molar-refractivity contribution in [1.82, 2.24) is 20.1 Å². The summed E-state index contributed by atoms with van der Waals surface area (Å²) >= 11 is 0. The van der Waals surface area contributed by atoms with E-state index in [1.165, 1.54) is 23.9 Å². The fourth-order valence-electron chi connectivity index (χ4n) is 1.18. The average Bonchev–Trinajstić information content (AvgIpc) is 2.59. The molecule has 92 valence electrons. The summed E-state index contributed by atoms with van der Waals surface area (Å²) in [5, 5.41) is 6.40. The van der Waals surface area contributed by atoms with Crippen molar-refractivity contribution in [3.05, 3.63) is 11.6 Å².